The van der Waals surface area contributed by atoms with Crippen molar-refractivity contribution in [3.05, 3.63) is 35.2 Å². The molecule has 0 radical (unpaired) electrons. The SMILES string of the molecule is CCC(=N)N=C([OH2+])c1sc(NC(=O)CC(C)C)nc1-c1ccccc1. The molecule has 6 nitrogen and oxygen atoms in total. The van der Waals surface area contributed by atoms with Crippen LogP contribution in [0.4, 0.5) is 5.13 Å². The number of anilines is 1. The first-order chi connectivity index (χ1) is 11.9. The van der Waals surface area contributed by atoms with Crippen LogP contribution in [0.15, 0.2) is 35.3 Å². The molecule has 0 spiro atoms. The molecular weight excluding hydrogens is 336 g/mol. The Kier molecular flexibility index (Phi) is 6.41. The number of aliphatic imine (C=N–C) groups is 1. The number of thiazole rings is 1. The molecule has 0 aliphatic heterocycles. The Morgan fingerprint density at radius 2 is 2.04 bits per heavy atom. The number of nitrogens with zero attached hydrogens (tertiary/aromatic N) is 2. The first-order valence-corrected chi connectivity index (χ1v) is 8.96. The lowest BCUT2D eigenvalue weighted by Gasteiger charge is -2.03. The van der Waals surface area contributed by atoms with Crippen LogP contribution in [0.5, 0.6) is 0 Å². The Hall–Kier alpha value is -2.54. The number of hydrogen-bond donors (Lipinski definition) is 2. The molecule has 0 saturated heterocycles. The summed E-state index contributed by atoms with van der Waals surface area (Å²) in [5, 5.41) is 19.2. The summed E-state index contributed by atoms with van der Waals surface area (Å²) in [7, 11) is 0. The van der Waals surface area contributed by atoms with E-state index in [4.69, 9.17) is 10.5 Å². The van der Waals surface area contributed by atoms with Crippen LogP contribution in [0.25, 0.3) is 11.3 Å². The molecule has 1 aromatic carbocycles. The number of rotatable bonds is 6. The van der Waals surface area contributed by atoms with E-state index in [2.05, 4.69) is 15.3 Å². The second-order valence-corrected chi connectivity index (χ2v) is 6.97. The van der Waals surface area contributed by atoms with Gasteiger partial charge in [-0.15, -0.1) is 4.99 Å². The molecule has 0 aliphatic carbocycles. The van der Waals surface area contributed by atoms with Crippen molar-refractivity contribution in [3.63, 3.8) is 0 Å². The van der Waals surface area contributed by atoms with Crippen LogP contribution in [0.3, 0.4) is 0 Å². The van der Waals surface area contributed by atoms with E-state index < -0.39 is 0 Å². The minimum atomic E-state index is -0.0975. The minimum Gasteiger partial charge on any atom is -0.578 e. The van der Waals surface area contributed by atoms with Gasteiger partial charge in [-0.2, -0.15) is 0 Å². The summed E-state index contributed by atoms with van der Waals surface area (Å²) in [5.74, 6) is 0.293. The monoisotopic (exact) mass is 359 g/mol. The summed E-state index contributed by atoms with van der Waals surface area (Å²) in [6.07, 6.45) is 0.873. The Morgan fingerprint density at radius 1 is 1.36 bits per heavy atom. The fraction of sp³-hybridized carbons (Fsp3) is 0.333. The summed E-state index contributed by atoms with van der Waals surface area (Å²) in [4.78, 5) is 21.1. The number of carbonyl (C=O) groups excluding carboxylic acids is 1. The van der Waals surface area contributed by atoms with E-state index in [0.29, 0.717) is 28.5 Å². The third kappa shape index (κ3) is 5.22. The van der Waals surface area contributed by atoms with Gasteiger partial charge in [0.2, 0.25) is 5.91 Å². The predicted octanol–water partition coefficient (Wildman–Crippen LogP) is 3.65. The first kappa shape index (κ1) is 18.8. The van der Waals surface area contributed by atoms with Crippen molar-refractivity contribution in [2.24, 2.45) is 10.9 Å². The zero-order valence-electron chi connectivity index (χ0n) is 14.6. The Bertz CT molecular complexity index is 782. The van der Waals surface area contributed by atoms with E-state index in [0.717, 1.165) is 5.56 Å². The maximum atomic E-state index is 12.0. The topological polar surface area (TPSA) is 101 Å². The Labute approximate surface area is 151 Å². The summed E-state index contributed by atoms with van der Waals surface area (Å²) < 4.78 is 0. The van der Waals surface area contributed by atoms with Crippen LogP contribution in [-0.4, -0.2) is 27.7 Å². The van der Waals surface area contributed by atoms with Crippen LogP contribution in [0.1, 0.15) is 38.5 Å². The van der Waals surface area contributed by atoms with E-state index in [1.807, 2.05) is 51.1 Å². The molecule has 2 aromatic rings. The number of carbonyl (C=O) groups is 1. The van der Waals surface area contributed by atoms with Crippen LogP contribution < -0.4 is 5.32 Å². The molecule has 0 atom stereocenters. The highest BCUT2D eigenvalue weighted by Gasteiger charge is 2.22. The van der Waals surface area contributed by atoms with Gasteiger partial charge in [-0.05, 0) is 5.92 Å². The standard InChI is InChI=1S/C18H22N4O2S/c1-4-13(19)20-17(24)16-15(12-8-6-5-7-9-12)22-18(25-16)21-14(23)10-11(2)3/h5-9,11H,4,10H2,1-3H3,(H2,19,20,24)(H,21,22,23)/p+1. The molecule has 0 fully saturated rings. The largest absolute Gasteiger partial charge is 0.578 e. The molecule has 0 aliphatic rings. The molecule has 1 aromatic heterocycles. The lowest BCUT2D eigenvalue weighted by atomic mass is 10.1. The fourth-order valence-corrected chi connectivity index (χ4v) is 3.03. The second-order valence-electron chi connectivity index (χ2n) is 5.97. The van der Waals surface area contributed by atoms with Gasteiger partial charge in [0.25, 0.3) is 0 Å². The van der Waals surface area contributed by atoms with E-state index in [1.54, 1.807) is 0 Å². The Morgan fingerprint density at radius 3 is 2.64 bits per heavy atom. The van der Waals surface area contributed by atoms with Crippen molar-refractivity contribution in [1.82, 2.24) is 4.98 Å². The molecule has 0 saturated carbocycles. The first-order valence-electron chi connectivity index (χ1n) is 8.14. The summed E-state index contributed by atoms with van der Waals surface area (Å²) >= 11 is 1.21. The maximum absolute atomic E-state index is 12.0. The van der Waals surface area contributed by atoms with E-state index >= 15 is 0 Å². The van der Waals surface area contributed by atoms with Gasteiger partial charge in [-0.25, -0.2) is 4.98 Å². The molecule has 1 heterocycles. The van der Waals surface area contributed by atoms with Crippen LogP contribution in [0, 0.1) is 11.3 Å². The number of nitrogens with one attached hydrogen (secondary N) is 2. The number of hydrogen-bond acceptors (Lipinski definition) is 4. The quantitative estimate of drug-likeness (QED) is 0.467. The highest BCUT2D eigenvalue weighted by molar-refractivity contribution is 7.18. The smallest absolute Gasteiger partial charge is 0.378 e. The molecule has 2 rings (SSSR count). The second kappa shape index (κ2) is 8.53. The van der Waals surface area contributed by atoms with Gasteiger partial charge in [0.1, 0.15) is 11.5 Å². The number of benzene rings is 1. The van der Waals surface area contributed by atoms with Gasteiger partial charge < -0.3 is 10.4 Å². The van der Waals surface area contributed by atoms with Crippen molar-refractivity contribution in [2.45, 2.75) is 33.6 Å². The molecular formula is C18H23N4O2S+. The lowest BCUT2D eigenvalue weighted by Crippen LogP contribution is -2.13. The fourth-order valence-electron chi connectivity index (χ4n) is 2.13. The summed E-state index contributed by atoms with van der Waals surface area (Å²) in [5.41, 5.74) is 1.45. The van der Waals surface area contributed by atoms with Crippen LogP contribution >= 0.6 is 11.3 Å². The van der Waals surface area contributed by atoms with Crippen molar-refractivity contribution in [2.75, 3.05) is 5.32 Å². The molecule has 7 heteroatoms. The Balaban J connectivity index is 2.40. The summed E-state index contributed by atoms with van der Waals surface area (Å²) in [6.45, 7) is 5.78. The number of aromatic nitrogens is 1. The highest BCUT2D eigenvalue weighted by Crippen LogP contribution is 2.31. The molecule has 25 heavy (non-hydrogen) atoms. The van der Waals surface area contributed by atoms with E-state index in [1.165, 1.54) is 11.3 Å². The molecule has 1 amide bonds. The summed E-state index contributed by atoms with van der Waals surface area (Å²) in [6, 6.07) is 9.49. The molecule has 4 N–H and O–H groups in total. The van der Waals surface area contributed by atoms with Crippen molar-refractivity contribution in [3.8, 4) is 11.3 Å². The van der Waals surface area contributed by atoms with Crippen molar-refractivity contribution < 1.29 is 9.90 Å². The zero-order valence-corrected chi connectivity index (χ0v) is 15.4. The highest BCUT2D eigenvalue weighted by atomic mass is 32.1. The van der Waals surface area contributed by atoms with Crippen LogP contribution in [0.2, 0.25) is 0 Å². The maximum Gasteiger partial charge on any atom is 0.378 e. The van der Waals surface area contributed by atoms with Gasteiger partial charge in [0.05, 0.1) is 0 Å². The normalized spacial score (nSPS) is 11.6. The molecule has 0 unspecified atom stereocenters. The van der Waals surface area contributed by atoms with Gasteiger partial charge in [-0.3, -0.25) is 10.2 Å². The number of amidine groups is 1. The van der Waals surface area contributed by atoms with Crippen molar-refractivity contribution in [1.29, 1.82) is 5.41 Å². The average molecular weight is 359 g/mol. The number of amides is 1. The van der Waals surface area contributed by atoms with E-state index in [-0.39, 0.29) is 23.6 Å². The predicted molar refractivity (Wildman–Crippen MR) is 104 cm³/mol. The van der Waals surface area contributed by atoms with Gasteiger partial charge in [0, 0.05) is 18.4 Å². The van der Waals surface area contributed by atoms with Gasteiger partial charge in [0.15, 0.2) is 10.0 Å². The average Bonchev–Trinajstić information content (AvgIpc) is 2.98. The van der Waals surface area contributed by atoms with Gasteiger partial charge >= 0.3 is 5.90 Å². The lowest BCUT2D eigenvalue weighted by molar-refractivity contribution is -0.116. The molecule has 0 bridgehead atoms. The minimum absolute atomic E-state index is 0.00689. The third-order valence-corrected chi connectivity index (χ3v) is 4.29. The van der Waals surface area contributed by atoms with Crippen molar-refractivity contribution >= 4 is 34.1 Å². The van der Waals surface area contributed by atoms with Crippen LogP contribution in [-0.2, 0) is 4.79 Å². The molecule has 132 valence electrons. The zero-order chi connectivity index (χ0) is 18.4. The van der Waals surface area contributed by atoms with Gasteiger partial charge in [-0.1, -0.05) is 62.4 Å². The van der Waals surface area contributed by atoms with E-state index in [9.17, 15) is 4.79 Å². The third-order valence-electron chi connectivity index (χ3n) is 3.31.